The fourth-order valence-electron chi connectivity index (χ4n) is 2.11. The molecule has 0 aliphatic carbocycles. The Morgan fingerprint density at radius 2 is 1.82 bits per heavy atom. The zero-order chi connectivity index (χ0) is 16.7. The number of nitrogens with zero attached hydrogens (tertiary/aromatic N) is 2. The summed E-state index contributed by atoms with van der Waals surface area (Å²) in [6.07, 6.45) is 0. The van der Waals surface area contributed by atoms with Gasteiger partial charge in [0.1, 0.15) is 5.75 Å². The molecule has 1 aromatic rings. The van der Waals surface area contributed by atoms with Crippen LogP contribution in [0.25, 0.3) is 0 Å². The summed E-state index contributed by atoms with van der Waals surface area (Å²) >= 11 is 0. The molecule has 0 saturated carbocycles. The van der Waals surface area contributed by atoms with Crippen molar-refractivity contribution in [2.24, 2.45) is 0 Å². The first-order valence-corrected chi connectivity index (χ1v) is 7.28. The number of methoxy groups -OCH3 is 1. The number of amides is 2. The fraction of sp³-hybridized carbons (Fsp3) is 0.500. The molecule has 1 rings (SSSR count). The summed E-state index contributed by atoms with van der Waals surface area (Å²) in [6, 6.07) is 6.79. The smallest absolute Gasteiger partial charge is 0.239 e. The molecule has 0 spiro atoms. The van der Waals surface area contributed by atoms with E-state index in [1.165, 1.54) is 4.90 Å². The first-order valence-electron chi connectivity index (χ1n) is 7.28. The molecule has 22 heavy (non-hydrogen) atoms. The summed E-state index contributed by atoms with van der Waals surface area (Å²) < 4.78 is 5.07. The Kier molecular flexibility index (Phi) is 6.85. The van der Waals surface area contributed by atoms with Crippen LogP contribution in [0.3, 0.4) is 0 Å². The van der Waals surface area contributed by atoms with E-state index in [1.54, 1.807) is 45.5 Å². The van der Waals surface area contributed by atoms with Crippen molar-refractivity contribution in [3.63, 3.8) is 0 Å². The second-order valence-corrected chi connectivity index (χ2v) is 5.25. The molecule has 6 nitrogen and oxygen atoms in total. The zero-order valence-electron chi connectivity index (χ0n) is 13.9. The van der Waals surface area contributed by atoms with Crippen LogP contribution in [0.4, 0.5) is 5.69 Å². The Hall–Kier alpha value is -2.08. The van der Waals surface area contributed by atoms with Crippen molar-refractivity contribution in [3.05, 3.63) is 24.3 Å². The molecule has 0 fully saturated rings. The van der Waals surface area contributed by atoms with Gasteiger partial charge in [-0.25, -0.2) is 0 Å². The van der Waals surface area contributed by atoms with E-state index < -0.39 is 0 Å². The summed E-state index contributed by atoms with van der Waals surface area (Å²) in [6.45, 7) is 4.53. The van der Waals surface area contributed by atoms with E-state index in [0.717, 1.165) is 5.75 Å². The topological polar surface area (TPSA) is 61.9 Å². The first-order chi connectivity index (χ1) is 10.4. The lowest BCUT2D eigenvalue weighted by atomic mass is 10.2. The van der Waals surface area contributed by atoms with Crippen molar-refractivity contribution < 1.29 is 14.3 Å². The van der Waals surface area contributed by atoms with Crippen molar-refractivity contribution in [1.29, 1.82) is 0 Å². The number of carbonyl (C=O) groups is 2. The molecule has 1 atom stereocenters. The highest BCUT2D eigenvalue weighted by Crippen LogP contribution is 2.15. The second kappa shape index (κ2) is 8.38. The Morgan fingerprint density at radius 3 is 2.27 bits per heavy atom. The fourth-order valence-corrected chi connectivity index (χ4v) is 2.11. The van der Waals surface area contributed by atoms with E-state index in [0.29, 0.717) is 12.2 Å². The predicted octanol–water partition coefficient (Wildman–Crippen LogP) is 1.43. The molecular formula is C16H25N3O3. The van der Waals surface area contributed by atoms with Gasteiger partial charge in [0, 0.05) is 19.8 Å². The molecule has 1 N–H and O–H groups in total. The molecular weight excluding hydrogens is 282 g/mol. The van der Waals surface area contributed by atoms with Crippen LogP contribution in [0.5, 0.6) is 5.75 Å². The molecule has 122 valence electrons. The average Bonchev–Trinajstić information content (AvgIpc) is 2.51. The van der Waals surface area contributed by atoms with Gasteiger partial charge in [-0.05, 0) is 37.7 Å². The standard InChI is InChI=1S/C16H25N3O3/c1-6-19(12(2)16(21)18(3)4)11-15(20)17-13-7-9-14(22-5)10-8-13/h7-10,12H,6,11H2,1-5H3,(H,17,20)/t12-/m1/s1. The van der Waals surface area contributed by atoms with Crippen LogP contribution in [0.15, 0.2) is 24.3 Å². The maximum atomic E-state index is 12.1. The third kappa shape index (κ3) is 5.04. The number of nitrogens with one attached hydrogen (secondary N) is 1. The summed E-state index contributed by atoms with van der Waals surface area (Å²) in [7, 11) is 5.02. The molecule has 0 bridgehead atoms. The maximum absolute atomic E-state index is 12.1. The predicted molar refractivity (Wildman–Crippen MR) is 87.0 cm³/mol. The van der Waals surface area contributed by atoms with Gasteiger partial charge in [-0.3, -0.25) is 14.5 Å². The van der Waals surface area contributed by atoms with Crippen LogP contribution in [0.1, 0.15) is 13.8 Å². The van der Waals surface area contributed by atoms with Crippen LogP contribution in [0, 0.1) is 0 Å². The number of rotatable bonds is 7. The average molecular weight is 307 g/mol. The maximum Gasteiger partial charge on any atom is 0.239 e. The molecule has 0 radical (unpaired) electrons. The lowest BCUT2D eigenvalue weighted by Gasteiger charge is -2.28. The van der Waals surface area contributed by atoms with Gasteiger partial charge in [0.25, 0.3) is 0 Å². The zero-order valence-corrected chi connectivity index (χ0v) is 13.9. The lowest BCUT2D eigenvalue weighted by Crippen LogP contribution is -2.47. The molecule has 1 aromatic carbocycles. The highest BCUT2D eigenvalue weighted by molar-refractivity contribution is 5.92. The van der Waals surface area contributed by atoms with Crippen LogP contribution in [-0.4, -0.2) is 62.0 Å². The van der Waals surface area contributed by atoms with Gasteiger partial charge >= 0.3 is 0 Å². The van der Waals surface area contributed by atoms with Crippen LogP contribution in [0.2, 0.25) is 0 Å². The summed E-state index contributed by atoms with van der Waals surface area (Å²) in [4.78, 5) is 27.5. The van der Waals surface area contributed by atoms with Gasteiger partial charge < -0.3 is 15.0 Å². The van der Waals surface area contributed by atoms with E-state index in [4.69, 9.17) is 4.74 Å². The third-order valence-corrected chi connectivity index (χ3v) is 3.47. The number of hydrogen-bond donors (Lipinski definition) is 1. The summed E-state index contributed by atoms with van der Waals surface area (Å²) in [5.74, 6) is 0.572. The van der Waals surface area contributed by atoms with Gasteiger partial charge in [-0.1, -0.05) is 6.92 Å². The van der Waals surface area contributed by atoms with Crippen LogP contribution < -0.4 is 10.1 Å². The molecule has 2 amide bonds. The molecule has 0 unspecified atom stereocenters. The minimum absolute atomic E-state index is 0.0147. The third-order valence-electron chi connectivity index (χ3n) is 3.47. The first kappa shape index (κ1) is 18.0. The largest absolute Gasteiger partial charge is 0.497 e. The van der Waals surface area contributed by atoms with Crippen LogP contribution in [-0.2, 0) is 9.59 Å². The molecule has 0 saturated heterocycles. The monoisotopic (exact) mass is 307 g/mol. The van der Waals surface area contributed by atoms with E-state index >= 15 is 0 Å². The number of hydrogen-bond acceptors (Lipinski definition) is 4. The Balaban J connectivity index is 2.62. The molecule has 0 aromatic heterocycles. The summed E-state index contributed by atoms with van der Waals surface area (Å²) in [5.41, 5.74) is 0.702. The van der Waals surface area contributed by atoms with E-state index in [2.05, 4.69) is 5.32 Å². The Labute approximate surface area is 132 Å². The van der Waals surface area contributed by atoms with Crippen molar-refractivity contribution in [2.75, 3.05) is 39.6 Å². The normalized spacial score (nSPS) is 11.9. The van der Waals surface area contributed by atoms with Gasteiger partial charge in [-0.2, -0.15) is 0 Å². The highest BCUT2D eigenvalue weighted by atomic mass is 16.5. The number of anilines is 1. The second-order valence-electron chi connectivity index (χ2n) is 5.25. The Morgan fingerprint density at radius 1 is 1.23 bits per heavy atom. The minimum Gasteiger partial charge on any atom is -0.497 e. The van der Waals surface area contributed by atoms with Crippen molar-refractivity contribution >= 4 is 17.5 Å². The minimum atomic E-state index is -0.332. The molecule has 0 heterocycles. The number of likely N-dealkylation sites (N-methyl/N-ethyl adjacent to an activating group) is 2. The SMILES string of the molecule is CCN(CC(=O)Nc1ccc(OC)cc1)[C@H](C)C(=O)N(C)C. The van der Waals surface area contributed by atoms with E-state index in [-0.39, 0.29) is 24.4 Å². The van der Waals surface area contributed by atoms with E-state index in [9.17, 15) is 9.59 Å². The number of carbonyl (C=O) groups excluding carboxylic acids is 2. The quantitative estimate of drug-likeness (QED) is 0.828. The summed E-state index contributed by atoms with van der Waals surface area (Å²) in [5, 5.41) is 2.82. The van der Waals surface area contributed by atoms with E-state index in [1.807, 2.05) is 18.7 Å². The van der Waals surface area contributed by atoms with Gasteiger partial charge in [-0.15, -0.1) is 0 Å². The molecule has 0 aliphatic heterocycles. The van der Waals surface area contributed by atoms with Crippen molar-refractivity contribution in [1.82, 2.24) is 9.80 Å². The molecule has 6 heteroatoms. The Bertz CT molecular complexity index is 500. The number of ether oxygens (including phenoxy) is 1. The van der Waals surface area contributed by atoms with Gasteiger partial charge in [0.15, 0.2) is 0 Å². The number of benzene rings is 1. The van der Waals surface area contributed by atoms with Crippen molar-refractivity contribution in [2.45, 2.75) is 19.9 Å². The molecule has 0 aliphatic rings. The van der Waals surface area contributed by atoms with Crippen LogP contribution >= 0.6 is 0 Å². The lowest BCUT2D eigenvalue weighted by molar-refractivity contribution is -0.134. The highest BCUT2D eigenvalue weighted by Gasteiger charge is 2.23. The van der Waals surface area contributed by atoms with Gasteiger partial charge in [0.2, 0.25) is 11.8 Å². The van der Waals surface area contributed by atoms with Crippen molar-refractivity contribution in [3.8, 4) is 5.75 Å². The van der Waals surface area contributed by atoms with Gasteiger partial charge in [0.05, 0.1) is 19.7 Å².